The van der Waals surface area contributed by atoms with Crippen LogP contribution in [0.15, 0.2) is 59.5 Å². The van der Waals surface area contributed by atoms with Crippen LogP contribution in [-0.2, 0) is 9.53 Å². The fourth-order valence-electron chi connectivity index (χ4n) is 2.40. The summed E-state index contributed by atoms with van der Waals surface area (Å²) in [5, 5.41) is 3.50. The number of nitrogens with zero attached hydrogens (tertiary/aromatic N) is 1. The number of carbonyl (C=O) groups is 2. The molecule has 28 heavy (non-hydrogen) atoms. The molecule has 0 spiro atoms. The third-order valence-corrected chi connectivity index (χ3v) is 4.60. The number of hydrogen-bond donors (Lipinski definition) is 1. The molecule has 0 unspecified atom stereocenters. The van der Waals surface area contributed by atoms with Gasteiger partial charge in [0.25, 0.3) is 11.7 Å². The number of hydrogen-bond acceptors (Lipinski definition) is 5. The minimum atomic E-state index is -2.62. The molecule has 1 aromatic heterocycles. The summed E-state index contributed by atoms with van der Waals surface area (Å²) < 4.78 is 30.2. The Kier molecular flexibility index (Phi) is 6.43. The van der Waals surface area contributed by atoms with E-state index in [1.807, 2.05) is 0 Å². The number of alkyl halides is 2. The van der Waals surface area contributed by atoms with Crippen molar-refractivity contribution in [2.45, 2.75) is 10.7 Å². The van der Waals surface area contributed by atoms with E-state index in [0.29, 0.717) is 27.8 Å². The first kappa shape index (κ1) is 20.0. The first-order valence-electron chi connectivity index (χ1n) is 7.99. The number of pyridine rings is 1. The van der Waals surface area contributed by atoms with E-state index in [-0.39, 0.29) is 16.1 Å². The molecule has 0 aliphatic heterocycles. The number of benzene rings is 2. The lowest BCUT2D eigenvalue weighted by molar-refractivity contribution is -0.119. The van der Waals surface area contributed by atoms with E-state index in [1.165, 1.54) is 18.2 Å². The molecule has 9 heteroatoms. The molecule has 0 saturated carbocycles. The van der Waals surface area contributed by atoms with Crippen LogP contribution in [0.1, 0.15) is 10.4 Å². The lowest BCUT2D eigenvalue weighted by Crippen LogP contribution is -2.21. The summed E-state index contributed by atoms with van der Waals surface area (Å²) in [5.74, 6) is -3.94. The number of rotatable bonds is 6. The predicted molar refractivity (Wildman–Crippen MR) is 104 cm³/mol. The minimum absolute atomic E-state index is 0.220. The molecule has 0 aliphatic rings. The zero-order chi connectivity index (χ0) is 20.1. The summed E-state index contributed by atoms with van der Waals surface area (Å²) in [5.41, 5.74) is 1.09. The molecule has 1 heterocycles. The van der Waals surface area contributed by atoms with Gasteiger partial charge in [-0.2, -0.15) is 8.78 Å². The van der Waals surface area contributed by atoms with E-state index in [2.05, 4.69) is 10.3 Å². The molecule has 5 nitrogen and oxygen atoms in total. The minimum Gasteiger partial charge on any atom is -0.452 e. The first-order valence-corrected chi connectivity index (χ1v) is 9.25. The van der Waals surface area contributed by atoms with E-state index >= 15 is 0 Å². The van der Waals surface area contributed by atoms with Gasteiger partial charge in [0.2, 0.25) is 0 Å². The second kappa shape index (κ2) is 8.99. The van der Waals surface area contributed by atoms with Crippen molar-refractivity contribution in [3.63, 3.8) is 0 Å². The average molecular weight is 423 g/mol. The van der Waals surface area contributed by atoms with Gasteiger partial charge in [-0.1, -0.05) is 35.5 Å². The Morgan fingerprint density at radius 1 is 1.14 bits per heavy atom. The molecule has 144 valence electrons. The Hall–Kier alpha value is -2.71. The van der Waals surface area contributed by atoms with Crippen molar-refractivity contribution < 1.29 is 23.1 Å². The quantitative estimate of drug-likeness (QED) is 0.344. The third kappa shape index (κ3) is 5.17. The fraction of sp³-hybridized carbons (Fsp3) is 0.105. The van der Waals surface area contributed by atoms with Gasteiger partial charge in [-0.25, -0.2) is 9.78 Å². The number of esters is 1. The standard InChI is InChI=1S/C19H13ClF2N2O3S/c20-16-8-6-11-9-12(5-7-13(11)23-16)18(26)27-10-17(25)24-14-3-1-2-4-15(14)28-19(21)22/h1-9,19H,10H2,(H,24,25). The predicted octanol–water partition coefficient (Wildman–Crippen LogP) is 5.00. The van der Waals surface area contributed by atoms with Crippen molar-refractivity contribution in [3.05, 3.63) is 65.3 Å². The lowest BCUT2D eigenvalue weighted by atomic mass is 10.1. The second-order valence-electron chi connectivity index (χ2n) is 5.54. The number of amides is 1. The van der Waals surface area contributed by atoms with Gasteiger partial charge in [0.05, 0.1) is 16.8 Å². The van der Waals surface area contributed by atoms with Crippen molar-refractivity contribution in [1.82, 2.24) is 4.98 Å². The highest BCUT2D eigenvalue weighted by Crippen LogP contribution is 2.31. The van der Waals surface area contributed by atoms with Crippen LogP contribution in [0.2, 0.25) is 5.15 Å². The van der Waals surface area contributed by atoms with E-state index in [0.717, 1.165) is 0 Å². The second-order valence-corrected chi connectivity index (χ2v) is 6.96. The highest BCUT2D eigenvalue weighted by molar-refractivity contribution is 7.99. The lowest BCUT2D eigenvalue weighted by Gasteiger charge is -2.10. The molecule has 0 saturated heterocycles. The number of fused-ring (bicyclic) bond motifs is 1. The summed E-state index contributed by atoms with van der Waals surface area (Å²) in [6.45, 7) is -0.552. The zero-order valence-corrected chi connectivity index (χ0v) is 15.8. The van der Waals surface area contributed by atoms with Crippen LogP contribution in [0.3, 0.4) is 0 Å². The molecule has 0 fully saturated rings. The van der Waals surface area contributed by atoms with Crippen molar-refractivity contribution in [2.24, 2.45) is 0 Å². The van der Waals surface area contributed by atoms with Gasteiger partial charge < -0.3 is 10.1 Å². The van der Waals surface area contributed by atoms with Gasteiger partial charge in [-0.3, -0.25) is 4.79 Å². The number of nitrogens with one attached hydrogen (secondary N) is 1. The molecule has 3 aromatic rings. The van der Waals surface area contributed by atoms with Gasteiger partial charge in [0.15, 0.2) is 6.61 Å². The molecule has 1 N–H and O–H groups in total. The van der Waals surface area contributed by atoms with Crippen LogP contribution in [0.25, 0.3) is 10.9 Å². The van der Waals surface area contributed by atoms with Crippen molar-refractivity contribution in [3.8, 4) is 0 Å². The number of thioether (sulfide) groups is 1. The molecule has 0 radical (unpaired) electrons. The van der Waals surface area contributed by atoms with E-state index in [1.54, 1.807) is 36.4 Å². The Labute approximate surface area is 168 Å². The summed E-state index contributed by atoms with van der Waals surface area (Å²) >= 11 is 6.14. The number of halogens is 3. The molecule has 0 aliphatic carbocycles. The normalized spacial score (nSPS) is 10.9. The van der Waals surface area contributed by atoms with E-state index < -0.39 is 24.2 Å². The number of para-hydroxylation sites is 1. The van der Waals surface area contributed by atoms with Crippen molar-refractivity contribution in [1.29, 1.82) is 0 Å². The average Bonchev–Trinajstić information content (AvgIpc) is 2.67. The highest BCUT2D eigenvalue weighted by atomic mass is 35.5. The summed E-state index contributed by atoms with van der Waals surface area (Å²) in [6.07, 6.45) is 0. The summed E-state index contributed by atoms with van der Waals surface area (Å²) in [7, 11) is 0. The Bertz CT molecular complexity index is 1030. The van der Waals surface area contributed by atoms with Gasteiger partial charge in [0.1, 0.15) is 5.15 Å². The molecule has 0 bridgehead atoms. The summed E-state index contributed by atoms with van der Waals surface area (Å²) in [6, 6.07) is 14.2. The number of ether oxygens (including phenoxy) is 1. The van der Waals surface area contributed by atoms with Gasteiger partial charge >= 0.3 is 5.97 Å². The van der Waals surface area contributed by atoms with Gasteiger partial charge in [-0.05, 0) is 42.5 Å². The fourth-order valence-corrected chi connectivity index (χ4v) is 3.15. The first-order chi connectivity index (χ1) is 13.4. The number of aromatic nitrogens is 1. The third-order valence-electron chi connectivity index (χ3n) is 3.60. The van der Waals surface area contributed by atoms with Gasteiger partial charge in [0, 0.05) is 10.3 Å². The molecule has 0 atom stereocenters. The number of anilines is 1. The smallest absolute Gasteiger partial charge is 0.338 e. The van der Waals surface area contributed by atoms with Crippen molar-refractivity contribution in [2.75, 3.05) is 11.9 Å². The largest absolute Gasteiger partial charge is 0.452 e. The van der Waals surface area contributed by atoms with Gasteiger partial charge in [-0.15, -0.1) is 0 Å². The molecule has 2 aromatic carbocycles. The van der Waals surface area contributed by atoms with Crippen molar-refractivity contribution >= 4 is 51.8 Å². The molecule has 3 rings (SSSR count). The molecular weight excluding hydrogens is 410 g/mol. The maximum absolute atomic E-state index is 12.6. The highest BCUT2D eigenvalue weighted by Gasteiger charge is 2.14. The monoisotopic (exact) mass is 422 g/mol. The van der Waals surface area contributed by atoms with Crippen LogP contribution in [0.5, 0.6) is 0 Å². The van der Waals surface area contributed by atoms with Crippen LogP contribution in [-0.4, -0.2) is 29.2 Å². The topological polar surface area (TPSA) is 68.3 Å². The Morgan fingerprint density at radius 3 is 2.71 bits per heavy atom. The summed E-state index contributed by atoms with van der Waals surface area (Å²) in [4.78, 5) is 28.5. The van der Waals surface area contributed by atoms with Crippen LogP contribution < -0.4 is 5.32 Å². The zero-order valence-electron chi connectivity index (χ0n) is 14.2. The maximum Gasteiger partial charge on any atom is 0.338 e. The Balaban J connectivity index is 1.62. The van der Waals surface area contributed by atoms with Crippen LogP contribution in [0, 0.1) is 0 Å². The maximum atomic E-state index is 12.6. The van der Waals surface area contributed by atoms with Crippen LogP contribution in [0.4, 0.5) is 14.5 Å². The Morgan fingerprint density at radius 2 is 1.93 bits per heavy atom. The molecular formula is C19H13ClF2N2O3S. The van der Waals surface area contributed by atoms with E-state index in [9.17, 15) is 18.4 Å². The van der Waals surface area contributed by atoms with E-state index in [4.69, 9.17) is 16.3 Å². The molecule has 1 amide bonds. The van der Waals surface area contributed by atoms with Crippen LogP contribution >= 0.6 is 23.4 Å². The SMILES string of the molecule is O=C(COC(=O)c1ccc2nc(Cl)ccc2c1)Nc1ccccc1SC(F)F. The number of carbonyl (C=O) groups excluding carboxylic acids is 2.